The number of hydrogen-bond acceptors (Lipinski definition) is 1. The van der Waals surface area contributed by atoms with Gasteiger partial charge in [0.2, 0.25) is 0 Å². The van der Waals surface area contributed by atoms with Crippen molar-refractivity contribution in [3.63, 3.8) is 0 Å². The van der Waals surface area contributed by atoms with Gasteiger partial charge in [-0.2, -0.15) is 0 Å². The number of allylic oxidation sites excluding steroid dienone is 4. The van der Waals surface area contributed by atoms with Crippen LogP contribution >= 0.6 is 15.9 Å². The van der Waals surface area contributed by atoms with Crippen LogP contribution in [-0.4, -0.2) is 22.1 Å². The van der Waals surface area contributed by atoms with Crippen LogP contribution in [0.4, 0.5) is 0 Å². The predicted octanol–water partition coefficient (Wildman–Crippen LogP) is 5.57. The zero-order valence-electron chi connectivity index (χ0n) is 15.1. The van der Waals surface area contributed by atoms with E-state index in [0.717, 1.165) is 0 Å². The Morgan fingerprint density at radius 2 is 2.04 bits per heavy atom. The first kappa shape index (κ1) is 15.1. The van der Waals surface area contributed by atoms with Crippen LogP contribution in [0.1, 0.15) is 25.0 Å². The number of likely N-dealkylation sites (N-methyl/N-ethyl adjacent to an activating group) is 1. The van der Waals surface area contributed by atoms with E-state index in [-0.39, 0.29) is 5.54 Å². The standard InChI is InChI=1S/C23H21BrN2/c1-25-19-9-5-4-8-17(19)21(24)22(25)14-11-15-13-23(15)18(12-14)16-7-3-6-10-20(16)26(23)2/h4-6,8-12,15H,3,7,13H2,1-2H3. The maximum absolute atomic E-state index is 3.90. The fourth-order valence-electron chi connectivity index (χ4n) is 5.51. The molecule has 1 fully saturated rings. The molecule has 130 valence electrons. The van der Waals surface area contributed by atoms with Gasteiger partial charge in [0.15, 0.2) is 0 Å². The Bertz CT molecular complexity index is 1070. The molecule has 1 spiro atoms. The minimum atomic E-state index is 0.250. The van der Waals surface area contributed by atoms with Crippen LogP contribution in [0.5, 0.6) is 0 Å². The molecule has 3 heteroatoms. The maximum Gasteiger partial charge on any atom is 0.0724 e. The van der Waals surface area contributed by atoms with Crippen molar-refractivity contribution in [1.82, 2.24) is 9.47 Å². The van der Waals surface area contributed by atoms with E-state index in [0.29, 0.717) is 5.92 Å². The summed E-state index contributed by atoms with van der Waals surface area (Å²) < 4.78 is 3.56. The number of rotatable bonds is 1. The van der Waals surface area contributed by atoms with Crippen molar-refractivity contribution >= 4 is 32.4 Å². The largest absolute Gasteiger partial charge is 0.364 e. The number of halogens is 1. The third-order valence-corrected chi connectivity index (χ3v) is 7.68. The Morgan fingerprint density at radius 3 is 2.88 bits per heavy atom. The molecule has 2 unspecified atom stereocenters. The molecule has 0 amide bonds. The minimum Gasteiger partial charge on any atom is -0.364 e. The number of aryl methyl sites for hydroxylation is 1. The second kappa shape index (κ2) is 4.83. The summed E-state index contributed by atoms with van der Waals surface area (Å²) in [4.78, 5) is 2.55. The second-order valence-corrected chi connectivity index (χ2v) is 8.81. The van der Waals surface area contributed by atoms with Crippen molar-refractivity contribution in [2.24, 2.45) is 13.0 Å². The van der Waals surface area contributed by atoms with Gasteiger partial charge in [0.25, 0.3) is 0 Å². The second-order valence-electron chi connectivity index (χ2n) is 8.02. The molecule has 2 aromatic rings. The van der Waals surface area contributed by atoms with Gasteiger partial charge in [-0.1, -0.05) is 30.4 Å². The van der Waals surface area contributed by atoms with Gasteiger partial charge in [0, 0.05) is 36.6 Å². The average Bonchev–Trinajstić information content (AvgIpc) is 3.30. The van der Waals surface area contributed by atoms with Crippen LogP contribution < -0.4 is 0 Å². The fourth-order valence-corrected chi connectivity index (χ4v) is 6.34. The summed E-state index contributed by atoms with van der Waals surface area (Å²) in [5.74, 6) is 0.631. The Kier molecular flexibility index (Phi) is 2.81. The molecular weight excluding hydrogens is 384 g/mol. The van der Waals surface area contributed by atoms with Crippen LogP contribution in [-0.2, 0) is 7.05 Å². The monoisotopic (exact) mass is 404 g/mol. The van der Waals surface area contributed by atoms with Gasteiger partial charge >= 0.3 is 0 Å². The first-order valence-electron chi connectivity index (χ1n) is 9.44. The Hall–Kier alpha value is -2.00. The Labute approximate surface area is 162 Å². The lowest BCUT2D eigenvalue weighted by Crippen LogP contribution is -2.31. The molecule has 1 aromatic heterocycles. The molecule has 2 atom stereocenters. The normalized spacial score (nSPS) is 28.7. The molecule has 26 heavy (non-hydrogen) atoms. The summed E-state index contributed by atoms with van der Waals surface area (Å²) in [5, 5.41) is 1.29. The van der Waals surface area contributed by atoms with E-state index >= 15 is 0 Å². The third kappa shape index (κ3) is 1.64. The van der Waals surface area contributed by atoms with Crippen LogP contribution in [0.2, 0.25) is 0 Å². The molecule has 2 heterocycles. The molecule has 4 aliphatic rings. The summed E-state index contributed by atoms with van der Waals surface area (Å²) in [5.41, 5.74) is 8.83. The lowest BCUT2D eigenvalue weighted by molar-refractivity contribution is 0.342. The lowest BCUT2D eigenvalue weighted by Gasteiger charge is -2.28. The third-order valence-electron chi connectivity index (χ3n) is 6.88. The predicted molar refractivity (Wildman–Crippen MR) is 111 cm³/mol. The summed E-state index contributed by atoms with van der Waals surface area (Å²) >= 11 is 3.90. The van der Waals surface area contributed by atoms with Crippen LogP contribution in [0.3, 0.4) is 0 Å². The maximum atomic E-state index is 3.90. The van der Waals surface area contributed by atoms with E-state index in [1.165, 1.54) is 51.6 Å². The summed E-state index contributed by atoms with van der Waals surface area (Å²) in [7, 11) is 4.47. The van der Waals surface area contributed by atoms with Crippen molar-refractivity contribution < 1.29 is 0 Å². The van der Waals surface area contributed by atoms with Gasteiger partial charge in [-0.3, -0.25) is 0 Å². The number of aromatic nitrogens is 1. The van der Waals surface area contributed by atoms with Crippen LogP contribution in [0, 0.1) is 5.92 Å². The average molecular weight is 405 g/mol. The summed E-state index contributed by atoms with van der Waals surface area (Å²) in [6.07, 6.45) is 13.3. The van der Waals surface area contributed by atoms with Gasteiger partial charge in [-0.05, 0) is 70.1 Å². The van der Waals surface area contributed by atoms with Crippen molar-refractivity contribution in [2.75, 3.05) is 7.05 Å². The van der Waals surface area contributed by atoms with Crippen molar-refractivity contribution in [3.05, 3.63) is 75.6 Å². The minimum absolute atomic E-state index is 0.250. The van der Waals surface area contributed by atoms with Crippen LogP contribution in [0.25, 0.3) is 16.5 Å². The number of fused-ring (bicyclic) bond motifs is 2. The SMILES string of the molecule is CN1C2=C(CCC=C2)C2=CC(c3c(Br)c4ccccc4n3C)=CC3CC231. The molecule has 1 saturated carbocycles. The van der Waals surface area contributed by atoms with E-state index in [2.05, 4.69) is 88.1 Å². The van der Waals surface area contributed by atoms with E-state index in [1.54, 1.807) is 11.1 Å². The first-order chi connectivity index (χ1) is 12.6. The summed E-state index contributed by atoms with van der Waals surface area (Å²) in [6.45, 7) is 0. The first-order valence-corrected chi connectivity index (χ1v) is 10.2. The highest BCUT2D eigenvalue weighted by molar-refractivity contribution is 9.10. The highest BCUT2D eigenvalue weighted by Gasteiger charge is 2.64. The van der Waals surface area contributed by atoms with E-state index in [1.807, 2.05) is 0 Å². The van der Waals surface area contributed by atoms with Gasteiger partial charge in [0.1, 0.15) is 0 Å². The molecule has 0 radical (unpaired) electrons. The molecule has 6 rings (SSSR count). The molecule has 1 aromatic carbocycles. The molecule has 1 aliphatic heterocycles. The quantitative estimate of drug-likeness (QED) is 0.602. The van der Waals surface area contributed by atoms with E-state index < -0.39 is 0 Å². The van der Waals surface area contributed by atoms with Gasteiger partial charge in [-0.15, -0.1) is 0 Å². The number of nitrogens with zero attached hydrogens (tertiary/aromatic N) is 2. The van der Waals surface area contributed by atoms with Gasteiger partial charge < -0.3 is 9.47 Å². The highest BCUT2D eigenvalue weighted by Crippen LogP contribution is 2.65. The topological polar surface area (TPSA) is 8.17 Å². The molecule has 2 nitrogen and oxygen atoms in total. The van der Waals surface area contributed by atoms with E-state index in [4.69, 9.17) is 0 Å². The molecule has 0 saturated heterocycles. The smallest absolute Gasteiger partial charge is 0.0724 e. The molecule has 3 aliphatic carbocycles. The van der Waals surface area contributed by atoms with Crippen LogP contribution in [0.15, 0.2) is 69.9 Å². The van der Waals surface area contributed by atoms with Crippen molar-refractivity contribution in [1.29, 1.82) is 0 Å². The van der Waals surface area contributed by atoms with Gasteiger partial charge in [0.05, 0.1) is 15.7 Å². The molecule has 0 bridgehead atoms. The zero-order chi connectivity index (χ0) is 17.6. The molecular formula is C23H21BrN2. The van der Waals surface area contributed by atoms with Crippen molar-refractivity contribution in [2.45, 2.75) is 24.8 Å². The zero-order valence-corrected chi connectivity index (χ0v) is 16.7. The Morgan fingerprint density at radius 1 is 1.19 bits per heavy atom. The fraction of sp³-hybridized carbons (Fsp3) is 0.304. The number of para-hydroxylation sites is 1. The van der Waals surface area contributed by atoms with Gasteiger partial charge in [-0.25, -0.2) is 0 Å². The highest BCUT2D eigenvalue weighted by atomic mass is 79.9. The van der Waals surface area contributed by atoms with E-state index in [9.17, 15) is 0 Å². The lowest BCUT2D eigenvalue weighted by atomic mass is 9.87. The Balaban J connectivity index is 1.56. The van der Waals surface area contributed by atoms with Crippen molar-refractivity contribution in [3.8, 4) is 0 Å². The number of hydrogen-bond donors (Lipinski definition) is 0. The molecule has 0 N–H and O–H groups in total. The number of benzene rings is 1. The summed E-state index contributed by atoms with van der Waals surface area (Å²) in [6, 6.07) is 8.65.